The Balaban J connectivity index is -0.000000155. The topological polar surface area (TPSA) is 17.1 Å². The molecule has 1 heteroatoms. The van der Waals surface area contributed by atoms with Gasteiger partial charge in [0.25, 0.3) is 0 Å². The third-order valence-electron chi connectivity index (χ3n) is 1.65. The maximum Gasteiger partial charge on any atom is 0.119 e. The minimum atomic E-state index is 0.639. The average molecular weight is 216 g/mol. The molecule has 0 bridgehead atoms. The Kier molecular flexibility index (Phi) is 25.9. The van der Waals surface area contributed by atoms with Gasteiger partial charge in [0, 0.05) is 6.42 Å². The van der Waals surface area contributed by atoms with E-state index in [0.29, 0.717) is 6.42 Å². The minimum Gasteiger partial charge on any atom is -0.303 e. The second-order valence-electron chi connectivity index (χ2n) is 4.61. The van der Waals surface area contributed by atoms with Crippen molar-refractivity contribution in [3.63, 3.8) is 0 Å². The summed E-state index contributed by atoms with van der Waals surface area (Å²) in [7, 11) is 0. The smallest absolute Gasteiger partial charge is 0.119 e. The van der Waals surface area contributed by atoms with Crippen molar-refractivity contribution in [1.82, 2.24) is 0 Å². The van der Waals surface area contributed by atoms with Gasteiger partial charge in [0.2, 0.25) is 0 Å². The van der Waals surface area contributed by atoms with Gasteiger partial charge in [-0.2, -0.15) is 0 Å². The van der Waals surface area contributed by atoms with Gasteiger partial charge in [-0.15, -0.1) is 0 Å². The Morgan fingerprint density at radius 2 is 1.33 bits per heavy atom. The van der Waals surface area contributed by atoms with E-state index in [1.54, 1.807) is 0 Å². The van der Waals surface area contributed by atoms with Crippen molar-refractivity contribution in [3.05, 3.63) is 0 Å². The van der Waals surface area contributed by atoms with Crippen LogP contribution in [0, 0.1) is 11.8 Å². The fourth-order valence-corrected chi connectivity index (χ4v) is 0.697. The molecule has 0 saturated carbocycles. The predicted octanol–water partition coefficient (Wildman–Crippen LogP) is 5.09. The van der Waals surface area contributed by atoms with E-state index in [1.807, 2.05) is 6.92 Å². The fourth-order valence-electron chi connectivity index (χ4n) is 0.697. The van der Waals surface area contributed by atoms with Gasteiger partial charge in [-0.3, -0.25) is 0 Å². The van der Waals surface area contributed by atoms with E-state index in [2.05, 4.69) is 41.5 Å². The lowest BCUT2D eigenvalue weighted by Gasteiger charge is -2.02. The highest BCUT2D eigenvalue weighted by Gasteiger charge is 1.92. The maximum atomic E-state index is 9.17. The van der Waals surface area contributed by atoms with Crippen LogP contribution in [0.1, 0.15) is 74.1 Å². The highest BCUT2D eigenvalue weighted by atomic mass is 16.1. The van der Waals surface area contributed by atoms with Gasteiger partial charge < -0.3 is 4.79 Å². The van der Waals surface area contributed by atoms with E-state index < -0.39 is 0 Å². The summed E-state index contributed by atoms with van der Waals surface area (Å²) in [5, 5.41) is 0. The first-order valence-corrected chi connectivity index (χ1v) is 6.39. The van der Waals surface area contributed by atoms with E-state index in [-0.39, 0.29) is 0 Å². The Morgan fingerprint density at radius 3 is 1.40 bits per heavy atom. The molecule has 0 aliphatic rings. The van der Waals surface area contributed by atoms with Crippen LogP contribution in [0.2, 0.25) is 0 Å². The van der Waals surface area contributed by atoms with Crippen LogP contribution in [-0.4, -0.2) is 6.29 Å². The van der Waals surface area contributed by atoms with E-state index in [9.17, 15) is 4.79 Å². The first kappa shape index (κ1) is 20.1. The van der Waals surface area contributed by atoms with Gasteiger partial charge in [-0.25, -0.2) is 0 Å². The zero-order valence-electron chi connectivity index (χ0n) is 12.0. The molecule has 0 N–H and O–H groups in total. The zero-order valence-corrected chi connectivity index (χ0v) is 12.0. The molecule has 0 fully saturated rings. The Hall–Kier alpha value is -0.330. The Labute approximate surface area is 97.7 Å². The van der Waals surface area contributed by atoms with Gasteiger partial charge >= 0.3 is 0 Å². The summed E-state index contributed by atoms with van der Waals surface area (Å²) in [6, 6.07) is 0. The lowest BCUT2D eigenvalue weighted by Crippen LogP contribution is -1.88. The molecular formula is C14H32O. The van der Waals surface area contributed by atoms with Crippen LogP contribution in [0.25, 0.3) is 0 Å². The minimum absolute atomic E-state index is 0.639. The summed E-state index contributed by atoms with van der Waals surface area (Å²) in [6.07, 6.45) is 5.60. The van der Waals surface area contributed by atoms with Gasteiger partial charge in [0.15, 0.2) is 0 Å². The Morgan fingerprint density at radius 1 is 1.00 bits per heavy atom. The molecule has 0 aromatic rings. The molecule has 0 amide bonds. The summed E-state index contributed by atoms with van der Waals surface area (Å²) in [4.78, 5) is 9.17. The largest absolute Gasteiger partial charge is 0.303 e. The molecule has 1 unspecified atom stereocenters. The SMILES string of the molecule is CC(C)C.CCC=O.CCCC(C)CC. The Bertz CT molecular complexity index is 94.8. The second kappa shape index (κ2) is 19.3. The van der Waals surface area contributed by atoms with Crippen molar-refractivity contribution in [2.45, 2.75) is 74.1 Å². The van der Waals surface area contributed by atoms with Gasteiger partial charge in [-0.1, -0.05) is 67.7 Å². The third kappa shape index (κ3) is 57.9. The summed E-state index contributed by atoms with van der Waals surface area (Å²) < 4.78 is 0. The van der Waals surface area contributed by atoms with Crippen LogP contribution in [0.5, 0.6) is 0 Å². The highest BCUT2D eigenvalue weighted by Crippen LogP contribution is 2.07. The molecule has 0 radical (unpaired) electrons. The second-order valence-corrected chi connectivity index (χ2v) is 4.61. The van der Waals surface area contributed by atoms with Crippen LogP contribution in [0.4, 0.5) is 0 Å². The van der Waals surface area contributed by atoms with E-state index in [4.69, 9.17) is 0 Å². The standard InChI is InChI=1S/C7H16.C4H10.C3H6O/c1-4-6-7(3)5-2;1-4(2)3;1-2-3-4/h7H,4-6H2,1-3H3;4H,1-3H3;3H,2H2,1H3. The monoisotopic (exact) mass is 216 g/mol. The van der Waals surface area contributed by atoms with Crippen LogP contribution in [-0.2, 0) is 4.79 Å². The van der Waals surface area contributed by atoms with Crippen molar-refractivity contribution in [3.8, 4) is 0 Å². The molecule has 0 rings (SSSR count). The molecule has 0 aliphatic heterocycles. The molecule has 1 nitrogen and oxygen atoms in total. The third-order valence-corrected chi connectivity index (χ3v) is 1.65. The molecule has 1 atom stereocenters. The summed E-state index contributed by atoms with van der Waals surface area (Å²) in [6.45, 7) is 15.1. The van der Waals surface area contributed by atoms with E-state index >= 15 is 0 Å². The van der Waals surface area contributed by atoms with Crippen molar-refractivity contribution >= 4 is 6.29 Å². The number of carbonyl (C=O) groups is 1. The molecule has 0 aliphatic carbocycles. The van der Waals surface area contributed by atoms with Crippen LogP contribution < -0.4 is 0 Å². The average Bonchev–Trinajstić information content (AvgIpc) is 2.18. The first-order chi connectivity index (χ1) is 6.95. The van der Waals surface area contributed by atoms with Crippen LogP contribution in [0.3, 0.4) is 0 Å². The van der Waals surface area contributed by atoms with Gasteiger partial charge in [-0.05, 0) is 11.8 Å². The van der Waals surface area contributed by atoms with E-state index in [1.165, 1.54) is 19.3 Å². The quantitative estimate of drug-likeness (QED) is 0.598. The van der Waals surface area contributed by atoms with Gasteiger partial charge in [0.1, 0.15) is 6.29 Å². The molecule has 0 aromatic heterocycles. The summed E-state index contributed by atoms with van der Waals surface area (Å²) >= 11 is 0. The van der Waals surface area contributed by atoms with E-state index in [0.717, 1.165) is 18.1 Å². The van der Waals surface area contributed by atoms with Crippen molar-refractivity contribution in [2.75, 3.05) is 0 Å². The number of hydrogen-bond acceptors (Lipinski definition) is 1. The lowest BCUT2D eigenvalue weighted by molar-refractivity contribution is -0.107. The number of rotatable bonds is 4. The van der Waals surface area contributed by atoms with Crippen LogP contribution in [0.15, 0.2) is 0 Å². The summed E-state index contributed by atoms with van der Waals surface area (Å²) in [5.74, 6) is 1.78. The molecular weight excluding hydrogens is 184 g/mol. The predicted molar refractivity (Wildman–Crippen MR) is 71.2 cm³/mol. The summed E-state index contributed by atoms with van der Waals surface area (Å²) in [5.41, 5.74) is 0. The number of carbonyl (C=O) groups excluding carboxylic acids is 1. The lowest BCUT2D eigenvalue weighted by atomic mass is 10.0. The molecule has 0 spiro atoms. The van der Waals surface area contributed by atoms with Crippen molar-refractivity contribution in [2.24, 2.45) is 11.8 Å². The molecule has 94 valence electrons. The molecule has 0 saturated heterocycles. The van der Waals surface area contributed by atoms with Crippen LogP contribution >= 0.6 is 0 Å². The number of hydrogen-bond donors (Lipinski definition) is 0. The zero-order chi connectivity index (χ0) is 12.7. The molecule has 0 heterocycles. The highest BCUT2D eigenvalue weighted by molar-refractivity contribution is 5.48. The maximum absolute atomic E-state index is 9.17. The van der Waals surface area contributed by atoms with Crippen molar-refractivity contribution < 1.29 is 4.79 Å². The number of aldehydes is 1. The molecule has 0 aromatic carbocycles. The van der Waals surface area contributed by atoms with Crippen molar-refractivity contribution in [1.29, 1.82) is 0 Å². The van der Waals surface area contributed by atoms with Gasteiger partial charge in [0.05, 0.1) is 0 Å². The normalized spacial score (nSPS) is 10.7. The fraction of sp³-hybridized carbons (Fsp3) is 0.929. The first-order valence-electron chi connectivity index (χ1n) is 6.39. The molecule has 15 heavy (non-hydrogen) atoms.